The number of halogens is 1. The van der Waals surface area contributed by atoms with Gasteiger partial charge in [-0.3, -0.25) is 4.98 Å². The van der Waals surface area contributed by atoms with Gasteiger partial charge in [0.1, 0.15) is 11.0 Å². The van der Waals surface area contributed by atoms with E-state index < -0.39 is 26.8 Å². The maximum absolute atomic E-state index is 14.7. The zero-order valence-corrected chi connectivity index (χ0v) is 22.7. The first-order valence-electron chi connectivity index (χ1n) is 12.2. The summed E-state index contributed by atoms with van der Waals surface area (Å²) in [5.74, 6) is -0.667. The molecule has 1 aliphatic heterocycles. The third kappa shape index (κ3) is 6.45. The molecule has 2 heterocycles. The van der Waals surface area contributed by atoms with E-state index in [2.05, 4.69) is 22.2 Å². The lowest BCUT2D eigenvalue weighted by Gasteiger charge is -2.37. The number of nitrogens with one attached hydrogen (secondary N) is 2. The molecule has 0 saturated carbocycles. The van der Waals surface area contributed by atoms with Crippen molar-refractivity contribution in [2.75, 3.05) is 39.3 Å². The molecule has 0 amide bonds. The lowest BCUT2D eigenvalue weighted by atomic mass is 10.1. The third-order valence-corrected chi connectivity index (χ3v) is 9.78. The van der Waals surface area contributed by atoms with E-state index >= 15 is 0 Å². The van der Waals surface area contributed by atoms with Crippen molar-refractivity contribution in [3.05, 3.63) is 60.0 Å². The van der Waals surface area contributed by atoms with Crippen LogP contribution in [0.15, 0.2) is 59.1 Å². The van der Waals surface area contributed by atoms with Crippen LogP contribution in [0.1, 0.15) is 27.2 Å². The number of benzene rings is 1. The van der Waals surface area contributed by atoms with Gasteiger partial charge >= 0.3 is 0 Å². The number of hydrogen-bond donors (Lipinski definition) is 2. The fraction of sp³-hybridized carbons (Fsp3) is 0.480. The quantitative estimate of drug-likeness (QED) is 0.405. The first-order chi connectivity index (χ1) is 17.2. The van der Waals surface area contributed by atoms with Crippen LogP contribution in [0.3, 0.4) is 0 Å². The molecule has 36 heavy (non-hydrogen) atoms. The normalized spacial score (nSPS) is 19.2. The number of fused-ring (bicyclic) bond motifs is 1. The van der Waals surface area contributed by atoms with E-state index in [1.54, 1.807) is 24.3 Å². The number of piperazine rings is 1. The summed E-state index contributed by atoms with van der Waals surface area (Å²) in [6.07, 6.45) is 6.47. The van der Waals surface area contributed by atoms with Crippen molar-refractivity contribution >= 4 is 31.8 Å². The Morgan fingerprint density at radius 3 is 2.94 bits per heavy atom. The van der Waals surface area contributed by atoms with Crippen molar-refractivity contribution in [3.63, 3.8) is 0 Å². The Balaban J connectivity index is 1.88. The lowest BCUT2D eigenvalue weighted by Crippen LogP contribution is -2.54. The first-order valence-corrected chi connectivity index (χ1v) is 14.7. The number of aromatic nitrogens is 1. The Hall–Kier alpha value is -2.02. The third-order valence-electron chi connectivity index (χ3n) is 6.24. The van der Waals surface area contributed by atoms with Crippen LogP contribution in [0.4, 0.5) is 4.39 Å². The Morgan fingerprint density at radius 2 is 2.22 bits per heavy atom. The van der Waals surface area contributed by atoms with Gasteiger partial charge in [0.25, 0.3) is 0 Å². The maximum atomic E-state index is 14.7. The molecule has 3 rings (SSSR count). The van der Waals surface area contributed by atoms with E-state index in [0.717, 1.165) is 12.7 Å². The molecule has 1 fully saturated rings. The molecule has 11 heteroatoms. The standard InChI is InChI=1S/C25H36FN5O3S2/c1-5-8-20(4)35(32)30(19(3)15-27-6-2)13-11-22-17-28-12-14-31(22)36(33,34)24-10-7-9-21-16-29-18-23(26)25(21)24/h5,7-10,16,18-19,22,27-28H,4,6,11-15,17H2,1-3H3. The highest BCUT2D eigenvalue weighted by Crippen LogP contribution is 2.29. The molecule has 0 aliphatic carbocycles. The lowest BCUT2D eigenvalue weighted by molar-refractivity contribution is 0.233. The number of nitrogens with zero attached hydrogens (tertiary/aromatic N) is 3. The summed E-state index contributed by atoms with van der Waals surface area (Å²) in [7, 11) is -5.46. The number of hydrogen-bond acceptors (Lipinski definition) is 6. The van der Waals surface area contributed by atoms with E-state index in [1.807, 2.05) is 25.1 Å². The van der Waals surface area contributed by atoms with E-state index in [1.165, 1.54) is 16.6 Å². The summed E-state index contributed by atoms with van der Waals surface area (Å²) in [6.45, 7) is 12.8. The van der Waals surface area contributed by atoms with Crippen molar-refractivity contribution in [1.82, 2.24) is 24.2 Å². The monoisotopic (exact) mass is 537 g/mol. The van der Waals surface area contributed by atoms with Crippen molar-refractivity contribution in [3.8, 4) is 0 Å². The van der Waals surface area contributed by atoms with Crippen molar-refractivity contribution < 1.29 is 17.0 Å². The summed E-state index contributed by atoms with van der Waals surface area (Å²) < 4.78 is 58.9. The van der Waals surface area contributed by atoms with Crippen LogP contribution in [-0.2, 0) is 21.0 Å². The first kappa shape index (κ1) is 28.5. The molecule has 0 spiro atoms. The molecule has 8 nitrogen and oxygen atoms in total. The molecule has 1 aliphatic rings. The summed E-state index contributed by atoms with van der Waals surface area (Å²) in [6, 6.07) is 4.25. The number of pyridine rings is 1. The van der Waals surface area contributed by atoms with E-state index in [4.69, 9.17) is 0 Å². The van der Waals surface area contributed by atoms with Crippen molar-refractivity contribution in [2.24, 2.45) is 0 Å². The zero-order valence-electron chi connectivity index (χ0n) is 21.1. The Bertz CT molecular complexity index is 1220. The van der Waals surface area contributed by atoms with Crippen LogP contribution < -0.4 is 10.6 Å². The van der Waals surface area contributed by atoms with Crippen LogP contribution in [0, 0.1) is 5.82 Å². The highest BCUT2D eigenvalue weighted by molar-refractivity contribution is 7.89. The van der Waals surface area contributed by atoms with Gasteiger partial charge in [-0.2, -0.15) is 4.31 Å². The molecule has 0 radical (unpaired) electrons. The van der Waals surface area contributed by atoms with Crippen molar-refractivity contribution in [2.45, 2.75) is 44.2 Å². The Labute approximate surface area is 216 Å². The number of rotatable bonds is 12. The van der Waals surface area contributed by atoms with Crippen LogP contribution in [0.25, 0.3) is 10.8 Å². The second-order valence-corrected chi connectivity index (χ2v) is 12.1. The molecular formula is C25H36FN5O3S2. The molecule has 1 aromatic heterocycles. The van der Waals surface area contributed by atoms with Gasteiger partial charge in [0, 0.05) is 66.7 Å². The van der Waals surface area contributed by atoms with Crippen LogP contribution in [0.2, 0.25) is 0 Å². The summed E-state index contributed by atoms with van der Waals surface area (Å²) in [4.78, 5) is 4.28. The van der Waals surface area contributed by atoms with Gasteiger partial charge in [-0.05, 0) is 39.0 Å². The predicted molar refractivity (Wildman–Crippen MR) is 144 cm³/mol. The van der Waals surface area contributed by atoms with Gasteiger partial charge in [-0.15, -0.1) is 0 Å². The van der Waals surface area contributed by atoms with Crippen LogP contribution >= 0.6 is 0 Å². The van der Waals surface area contributed by atoms with Crippen LogP contribution in [-0.4, -0.2) is 77.6 Å². The number of sulfonamides is 1. The minimum Gasteiger partial charge on any atom is -0.315 e. The van der Waals surface area contributed by atoms with E-state index in [0.29, 0.717) is 42.9 Å². The van der Waals surface area contributed by atoms with Gasteiger partial charge in [0.15, 0.2) is 5.82 Å². The number of allylic oxidation sites excluding steroid dienone is 2. The highest BCUT2D eigenvalue weighted by Gasteiger charge is 2.35. The van der Waals surface area contributed by atoms with E-state index in [9.17, 15) is 17.0 Å². The maximum Gasteiger partial charge on any atom is 0.244 e. The zero-order chi connectivity index (χ0) is 26.3. The van der Waals surface area contributed by atoms with Crippen molar-refractivity contribution in [1.29, 1.82) is 0 Å². The smallest absolute Gasteiger partial charge is 0.244 e. The second-order valence-electron chi connectivity index (χ2n) is 8.75. The van der Waals surface area contributed by atoms with Gasteiger partial charge < -0.3 is 10.6 Å². The minimum atomic E-state index is -4.00. The topological polar surface area (TPSA) is 94.6 Å². The number of likely N-dealkylation sites (N-methyl/N-ethyl adjacent to an activating group) is 1. The van der Waals surface area contributed by atoms with E-state index in [-0.39, 0.29) is 28.9 Å². The predicted octanol–water partition coefficient (Wildman–Crippen LogP) is 2.78. The summed E-state index contributed by atoms with van der Waals surface area (Å²) in [5, 5.41) is 7.04. The SMILES string of the molecule is C=C(C=CC)S(=O)N(CCC1CNCCN1S(=O)(=O)c1cccc2cncc(F)c12)C(C)CNCC. The van der Waals surface area contributed by atoms with Gasteiger partial charge in [-0.1, -0.05) is 31.7 Å². The van der Waals surface area contributed by atoms with Gasteiger partial charge in [0.05, 0.1) is 11.1 Å². The average molecular weight is 538 g/mol. The molecule has 2 aromatic rings. The fourth-order valence-electron chi connectivity index (χ4n) is 4.40. The van der Waals surface area contributed by atoms with Gasteiger partial charge in [-0.25, -0.2) is 21.3 Å². The largest absolute Gasteiger partial charge is 0.315 e. The highest BCUT2D eigenvalue weighted by atomic mass is 32.2. The molecule has 1 aromatic carbocycles. The molecule has 3 unspecified atom stereocenters. The molecule has 3 atom stereocenters. The Kier molecular flexibility index (Phi) is 10.3. The molecule has 198 valence electrons. The summed E-state index contributed by atoms with van der Waals surface area (Å²) in [5.41, 5.74) is 0. The molecule has 0 bridgehead atoms. The minimum absolute atomic E-state index is 0.0504. The summed E-state index contributed by atoms with van der Waals surface area (Å²) >= 11 is 0. The Morgan fingerprint density at radius 1 is 1.44 bits per heavy atom. The molecular weight excluding hydrogens is 501 g/mol. The molecule has 1 saturated heterocycles. The average Bonchev–Trinajstić information content (AvgIpc) is 2.87. The molecule has 2 N–H and O–H groups in total. The second kappa shape index (κ2) is 13.0. The van der Waals surface area contributed by atoms with Gasteiger partial charge in [0.2, 0.25) is 10.0 Å². The van der Waals surface area contributed by atoms with Crippen LogP contribution in [0.5, 0.6) is 0 Å². The fourth-order valence-corrected chi connectivity index (χ4v) is 7.50.